The van der Waals surface area contributed by atoms with Crippen LogP contribution in [-0.4, -0.2) is 59.7 Å². The van der Waals surface area contributed by atoms with Gasteiger partial charge in [-0.1, -0.05) is 31.2 Å². The van der Waals surface area contributed by atoms with Crippen molar-refractivity contribution in [1.29, 1.82) is 0 Å². The lowest BCUT2D eigenvalue weighted by Crippen LogP contribution is -2.25. The maximum atomic E-state index is 12.5. The standard InChI is InChI=1S/C25H38N4O4/c1-19(2)23(30)10-13-33-15-14-32-12-7-11-26-24(31)21-9-6-8-20(16-21)17-22-18-29(28-27-22)25(3,4)5/h6,8-9,16,18-19H,7,10-15,17H2,1-5H3,(H,26,31). The third kappa shape index (κ3) is 9.84. The van der Waals surface area contributed by atoms with Gasteiger partial charge in [-0.05, 0) is 44.9 Å². The Bertz CT molecular complexity index is 887. The van der Waals surface area contributed by atoms with Gasteiger partial charge in [-0.15, -0.1) is 5.10 Å². The predicted octanol–water partition coefficient (Wildman–Crippen LogP) is 3.39. The van der Waals surface area contributed by atoms with Crippen LogP contribution in [0.3, 0.4) is 0 Å². The molecular formula is C25H38N4O4. The molecule has 2 rings (SSSR count). The first-order valence-electron chi connectivity index (χ1n) is 11.6. The van der Waals surface area contributed by atoms with Crippen LogP contribution in [0, 0.1) is 5.92 Å². The number of Topliss-reactive ketones (excluding diaryl/α,β-unsaturated/α-hetero) is 1. The van der Waals surface area contributed by atoms with E-state index in [4.69, 9.17) is 9.47 Å². The fraction of sp³-hybridized carbons (Fsp3) is 0.600. The number of carbonyl (C=O) groups is 2. The zero-order valence-electron chi connectivity index (χ0n) is 20.6. The van der Waals surface area contributed by atoms with Crippen LogP contribution >= 0.6 is 0 Å². The molecule has 0 saturated carbocycles. The van der Waals surface area contributed by atoms with Crippen molar-refractivity contribution in [3.63, 3.8) is 0 Å². The number of aromatic nitrogens is 3. The third-order valence-corrected chi connectivity index (χ3v) is 5.06. The predicted molar refractivity (Wildman–Crippen MR) is 127 cm³/mol. The molecule has 0 atom stereocenters. The van der Waals surface area contributed by atoms with E-state index in [-0.39, 0.29) is 23.1 Å². The summed E-state index contributed by atoms with van der Waals surface area (Å²) in [6.07, 6.45) is 3.73. The molecule has 0 spiro atoms. The Morgan fingerprint density at radius 3 is 2.48 bits per heavy atom. The molecule has 0 bridgehead atoms. The van der Waals surface area contributed by atoms with E-state index in [2.05, 4.69) is 36.4 Å². The van der Waals surface area contributed by atoms with E-state index in [9.17, 15) is 9.59 Å². The topological polar surface area (TPSA) is 95.3 Å². The molecule has 182 valence electrons. The summed E-state index contributed by atoms with van der Waals surface area (Å²) in [5.74, 6) is 0.164. The van der Waals surface area contributed by atoms with Crippen LogP contribution in [0.25, 0.3) is 0 Å². The van der Waals surface area contributed by atoms with Crippen molar-refractivity contribution in [3.05, 3.63) is 47.3 Å². The van der Waals surface area contributed by atoms with Gasteiger partial charge in [0.25, 0.3) is 5.91 Å². The van der Waals surface area contributed by atoms with Gasteiger partial charge in [-0.3, -0.25) is 9.59 Å². The quantitative estimate of drug-likeness (QED) is 0.436. The van der Waals surface area contributed by atoms with Gasteiger partial charge < -0.3 is 14.8 Å². The number of ether oxygens (including phenoxy) is 2. The molecule has 8 nitrogen and oxygen atoms in total. The fourth-order valence-corrected chi connectivity index (χ4v) is 3.00. The van der Waals surface area contributed by atoms with Gasteiger partial charge in [0, 0.05) is 43.7 Å². The molecule has 0 aliphatic carbocycles. The number of rotatable bonds is 14. The first-order chi connectivity index (χ1) is 15.7. The minimum absolute atomic E-state index is 0.0538. The second-order valence-electron chi connectivity index (χ2n) is 9.41. The SMILES string of the molecule is CC(C)C(=O)CCOCCOCCCNC(=O)c1cccc(Cc2cn(C(C)(C)C)nn2)c1. The lowest BCUT2D eigenvalue weighted by molar-refractivity contribution is -0.123. The van der Waals surface area contributed by atoms with E-state index in [1.807, 2.05) is 49.0 Å². The molecule has 8 heteroatoms. The van der Waals surface area contributed by atoms with E-state index in [1.54, 1.807) is 0 Å². The molecule has 0 saturated heterocycles. The van der Waals surface area contributed by atoms with E-state index in [1.165, 1.54) is 0 Å². The Morgan fingerprint density at radius 1 is 1.09 bits per heavy atom. The average molecular weight is 459 g/mol. The smallest absolute Gasteiger partial charge is 0.251 e. The average Bonchev–Trinajstić information content (AvgIpc) is 3.24. The van der Waals surface area contributed by atoms with E-state index >= 15 is 0 Å². The highest BCUT2D eigenvalue weighted by Crippen LogP contribution is 2.14. The first-order valence-corrected chi connectivity index (χ1v) is 11.6. The van der Waals surface area contributed by atoms with Crippen molar-refractivity contribution in [2.45, 2.75) is 59.4 Å². The lowest BCUT2D eigenvalue weighted by Gasteiger charge is -2.17. The van der Waals surface area contributed by atoms with Crippen LogP contribution in [0.5, 0.6) is 0 Å². The van der Waals surface area contributed by atoms with Crippen molar-refractivity contribution in [1.82, 2.24) is 20.3 Å². The van der Waals surface area contributed by atoms with Crippen molar-refractivity contribution >= 4 is 11.7 Å². The van der Waals surface area contributed by atoms with Crippen molar-refractivity contribution < 1.29 is 19.1 Å². The summed E-state index contributed by atoms with van der Waals surface area (Å²) in [5.41, 5.74) is 2.40. The Hall–Kier alpha value is -2.58. The number of carbonyl (C=O) groups excluding carboxylic acids is 2. The van der Waals surface area contributed by atoms with Crippen molar-refractivity contribution in [3.8, 4) is 0 Å². The molecule has 33 heavy (non-hydrogen) atoms. The third-order valence-electron chi connectivity index (χ3n) is 5.06. The largest absolute Gasteiger partial charge is 0.379 e. The number of amides is 1. The van der Waals surface area contributed by atoms with Crippen LogP contribution < -0.4 is 5.32 Å². The van der Waals surface area contributed by atoms with Gasteiger partial charge in [-0.2, -0.15) is 0 Å². The maximum absolute atomic E-state index is 12.5. The second-order valence-corrected chi connectivity index (χ2v) is 9.41. The summed E-state index contributed by atoms with van der Waals surface area (Å²) in [6, 6.07) is 7.57. The minimum atomic E-state index is -0.113. The highest BCUT2D eigenvalue weighted by molar-refractivity contribution is 5.94. The van der Waals surface area contributed by atoms with Crippen LogP contribution in [0.15, 0.2) is 30.5 Å². The number of hydrogen-bond donors (Lipinski definition) is 1. The van der Waals surface area contributed by atoms with E-state index < -0.39 is 0 Å². The normalized spacial score (nSPS) is 11.7. The summed E-state index contributed by atoms with van der Waals surface area (Å²) in [4.78, 5) is 24.0. The van der Waals surface area contributed by atoms with Gasteiger partial charge in [-0.25, -0.2) is 4.68 Å². The van der Waals surface area contributed by atoms with Crippen LogP contribution in [0.2, 0.25) is 0 Å². The second kappa shape index (κ2) is 13.2. The van der Waals surface area contributed by atoms with Gasteiger partial charge in [0.1, 0.15) is 5.78 Å². The Labute approximate surface area is 197 Å². The highest BCUT2D eigenvalue weighted by atomic mass is 16.5. The molecule has 0 radical (unpaired) electrons. The van der Waals surface area contributed by atoms with E-state index in [0.29, 0.717) is 57.8 Å². The Morgan fingerprint density at radius 2 is 1.82 bits per heavy atom. The lowest BCUT2D eigenvalue weighted by atomic mass is 10.1. The minimum Gasteiger partial charge on any atom is -0.379 e. The molecular weight excluding hydrogens is 420 g/mol. The molecule has 1 aromatic heterocycles. The molecule has 0 aliphatic rings. The zero-order chi connectivity index (χ0) is 24.3. The molecule has 1 heterocycles. The summed E-state index contributed by atoms with van der Waals surface area (Å²) in [7, 11) is 0. The zero-order valence-corrected chi connectivity index (χ0v) is 20.6. The monoisotopic (exact) mass is 458 g/mol. The number of benzene rings is 1. The number of nitrogens with zero attached hydrogens (tertiary/aromatic N) is 3. The maximum Gasteiger partial charge on any atom is 0.251 e. The summed E-state index contributed by atoms with van der Waals surface area (Å²) < 4.78 is 12.8. The molecule has 1 amide bonds. The summed E-state index contributed by atoms with van der Waals surface area (Å²) >= 11 is 0. The van der Waals surface area contributed by atoms with Crippen molar-refractivity contribution in [2.24, 2.45) is 5.92 Å². The number of nitrogens with one attached hydrogen (secondary N) is 1. The van der Waals surface area contributed by atoms with Gasteiger partial charge in [0.2, 0.25) is 0 Å². The molecule has 2 aromatic rings. The van der Waals surface area contributed by atoms with E-state index in [0.717, 1.165) is 11.3 Å². The van der Waals surface area contributed by atoms with Gasteiger partial charge in [0.15, 0.2) is 0 Å². The number of ketones is 1. The first kappa shape index (κ1) is 26.7. The van der Waals surface area contributed by atoms with Crippen LogP contribution in [-0.2, 0) is 26.2 Å². The summed E-state index contributed by atoms with van der Waals surface area (Å²) in [6.45, 7) is 12.5. The van der Waals surface area contributed by atoms with Crippen molar-refractivity contribution in [2.75, 3.05) is 33.0 Å². The molecule has 0 unspecified atom stereocenters. The molecule has 1 N–H and O–H groups in total. The number of hydrogen-bond acceptors (Lipinski definition) is 6. The Balaban J connectivity index is 1.63. The molecule has 1 aromatic carbocycles. The Kier molecular flexibility index (Phi) is 10.7. The molecule has 0 fully saturated rings. The van der Waals surface area contributed by atoms with Crippen LogP contribution in [0.4, 0.5) is 0 Å². The highest BCUT2D eigenvalue weighted by Gasteiger charge is 2.15. The van der Waals surface area contributed by atoms with Crippen LogP contribution in [0.1, 0.15) is 69.1 Å². The van der Waals surface area contributed by atoms with Gasteiger partial charge in [0.05, 0.1) is 31.1 Å². The molecule has 0 aliphatic heterocycles. The fourth-order valence-electron chi connectivity index (χ4n) is 3.00. The summed E-state index contributed by atoms with van der Waals surface area (Å²) in [5, 5.41) is 11.4. The van der Waals surface area contributed by atoms with Gasteiger partial charge >= 0.3 is 0 Å².